The van der Waals surface area contributed by atoms with Gasteiger partial charge < -0.3 is 4.42 Å². The van der Waals surface area contributed by atoms with Crippen molar-refractivity contribution in [2.75, 3.05) is 4.90 Å². The molecule has 0 bridgehead atoms. The maximum absolute atomic E-state index is 12.7. The quantitative estimate of drug-likeness (QED) is 0.813. The van der Waals surface area contributed by atoms with Gasteiger partial charge in [0, 0.05) is 17.7 Å². The topological polar surface area (TPSA) is 72.5 Å². The minimum Gasteiger partial charge on any atom is -0.408 e. The second kappa shape index (κ2) is 5.47. The van der Waals surface area contributed by atoms with E-state index in [4.69, 9.17) is 4.42 Å². The molecule has 24 heavy (non-hydrogen) atoms. The molecule has 2 heterocycles. The Hall–Kier alpha value is -2.63. The molecule has 2 aromatic rings. The van der Waals surface area contributed by atoms with Crippen LogP contribution in [0.4, 0.5) is 5.69 Å². The van der Waals surface area contributed by atoms with E-state index in [9.17, 15) is 14.4 Å². The molecular weight excluding hydrogens is 308 g/mol. The molecule has 0 saturated heterocycles. The van der Waals surface area contributed by atoms with Gasteiger partial charge in [0.05, 0.1) is 11.2 Å². The second-order valence-corrected chi connectivity index (χ2v) is 6.28. The molecule has 1 aromatic heterocycles. The summed E-state index contributed by atoms with van der Waals surface area (Å²) >= 11 is 0. The van der Waals surface area contributed by atoms with Crippen molar-refractivity contribution in [2.24, 2.45) is 0 Å². The summed E-state index contributed by atoms with van der Waals surface area (Å²) in [6, 6.07) is 5.01. The Morgan fingerprint density at radius 3 is 2.33 bits per heavy atom. The third-order valence-electron chi connectivity index (χ3n) is 4.75. The summed E-state index contributed by atoms with van der Waals surface area (Å²) in [4.78, 5) is 38.5. The lowest BCUT2D eigenvalue weighted by molar-refractivity contribution is -0.120. The number of benzene rings is 1. The van der Waals surface area contributed by atoms with Crippen molar-refractivity contribution >= 4 is 28.6 Å². The smallest absolute Gasteiger partial charge is 0.408 e. The molecule has 0 atom stereocenters. The predicted octanol–water partition coefficient (Wildman–Crippen LogP) is 2.75. The number of hydrogen-bond acceptors (Lipinski definition) is 4. The van der Waals surface area contributed by atoms with Crippen LogP contribution in [0.25, 0.3) is 11.1 Å². The van der Waals surface area contributed by atoms with E-state index >= 15 is 0 Å². The van der Waals surface area contributed by atoms with Crippen LogP contribution in [0, 0.1) is 0 Å². The lowest BCUT2D eigenvalue weighted by atomic mass is 9.93. The Kier molecular flexibility index (Phi) is 3.40. The van der Waals surface area contributed by atoms with Crippen LogP contribution < -0.4 is 10.7 Å². The van der Waals surface area contributed by atoms with Gasteiger partial charge in [-0.25, -0.2) is 9.69 Å². The van der Waals surface area contributed by atoms with Crippen molar-refractivity contribution in [2.45, 2.75) is 45.6 Å². The highest BCUT2D eigenvalue weighted by Gasteiger charge is 2.39. The largest absolute Gasteiger partial charge is 0.419 e. The molecule has 2 amide bonds. The second-order valence-electron chi connectivity index (χ2n) is 6.28. The summed E-state index contributed by atoms with van der Waals surface area (Å²) in [6.07, 6.45) is 4.02. The number of rotatable bonds is 3. The standard InChI is InChI=1S/C18H18N2O4/c1-2-9-19-14-10-11(7-8-15(14)24-18(19)23)20-16(21)12-5-3-4-6-13(12)17(20)22/h7-8,10H,2-6,9H2,1H3. The van der Waals surface area contributed by atoms with E-state index in [2.05, 4.69) is 0 Å². The van der Waals surface area contributed by atoms with Crippen LogP contribution in [0.15, 0.2) is 38.6 Å². The van der Waals surface area contributed by atoms with E-state index in [1.165, 1.54) is 9.47 Å². The minimum atomic E-state index is -0.416. The van der Waals surface area contributed by atoms with Crippen LogP contribution in [0.1, 0.15) is 39.0 Å². The molecule has 0 N–H and O–H groups in total. The van der Waals surface area contributed by atoms with Gasteiger partial charge in [-0.05, 0) is 50.3 Å². The first-order valence-electron chi connectivity index (χ1n) is 8.36. The number of nitrogens with zero attached hydrogens (tertiary/aromatic N) is 2. The number of amides is 2. The highest BCUT2D eigenvalue weighted by Crippen LogP contribution is 2.36. The third-order valence-corrected chi connectivity index (χ3v) is 4.75. The number of imide groups is 1. The predicted molar refractivity (Wildman–Crippen MR) is 88.8 cm³/mol. The monoisotopic (exact) mass is 326 g/mol. The normalized spacial score (nSPS) is 18.0. The highest BCUT2D eigenvalue weighted by molar-refractivity contribution is 6.33. The Morgan fingerprint density at radius 1 is 1.04 bits per heavy atom. The van der Waals surface area contributed by atoms with Gasteiger partial charge in [-0.2, -0.15) is 0 Å². The first kappa shape index (κ1) is 14.9. The number of hydrogen-bond donors (Lipinski definition) is 0. The number of anilines is 1. The maximum atomic E-state index is 12.7. The van der Waals surface area contributed by atoms with Gasteiger partial charge in [-0.15, -0.1) is 0 Å². The molecule has 6 heteroatoms. The minimum absolute atomic E-state index is 0.220. The molecule has 4 rings (SSSR count). The third kappa shape index (κ3) is 2.06. The maximum Gasteiger partial charge on any atom is 0.419 e. The molecule has 1 aliphatic carbocycles. The molecule has 2 aliphatic rings. The van der Waals surface area contributed by atoms with Crippen molar-refractivity contribution in [1.82, 2.24) is 4.57 Å². The molecule has 1 aromatic carbocycles. The average molecular weight is 326 g/mol. The number of aryl methyl sites for hydroxylation is 1. The molecule has 0 saturated carbocycles. The molecule has 0 fully saturated rings. The summed E-state index contributed by atoms with van der Waals surface area (Å²) < 4.78 is 6.76. The summed E-state index contributed by atoms with van der Waals surface area (Å²) in [5.41, 5.74) is 2.89. The van der Waals surface area contributed by atoms with Crippen LogP contribution in [0.5, 0.6) is 0 Å². The number of carbonyl (C=O) groups is 2. The molecule has 0 spiro atoms. The lowest BCUT2D eigenvalue weighted by Crippen LogP contribution is -2.31. The SMILES string of the molecule is CCCn1c(=O)oc2ccc(N3C(=O)C4=C(CCCC4)C3=O)cc21. The summed E-state index contributed by atoms with van der Waals surface area (Å²) in [7, 11) is 0. The van der Waals surface area contributed by atoms with Crippen molar-refractivity contribution in [1.29, 1.82) is 0 Å². The van der Waals surface area contributed by atoms with Crippen molar-refractivity contribution in [3.8, 4) is 0 Å². The van der Waals surface area contributed by atoms with Gasteiger partial charge in [0.2, 0.25) is 0 Å². The van der Waals surface area contributed by atoms with Gasteiger partial charge >= 0.3 is 5.76 Å². The van der Waals surface area contributed by atoms with Gasteiger partial charge in [0.15, 0.2) is 5.58 Å². The van der Waals surface area contributed by atoms with E-state index in [-0.39, 0.29) is 11.8 Å². The number of aromatic nitrogens is 1. The van der Waals surface area contributed by atoms with E-state index < -0.39 is 5.76 Å². The Bertz CT molecular complexity index is 920. The summed E-state index contributed by atoms with van der Waals surface area (Å²) in [5.74, 6) is -0.857. The Labute approximate surface area is 138 Å². The van der Waals surface area contributed by atoms with Crippen molar-refractivity contribution in [3.05, 3.63) is 39.9 Å². The van der Waals surface area contributed by atoms with Crippen LogP contribution in [0.2, 0.25) is 0 Å². The van der Waals surface area contributed by atoms with Crippen molar-refractivity contribution in [3.63, 3.8) is 0 Å². The Morgan fingerprint density at radius 2 is 1.71 bits per heavy atom. The van der Waals surface area contributed by atoms with E-state index in [1.54, 1.807) is 18.2 Å². The number of oxazole rings is 1. The van der Waals surface area contributed by atoms with Gasteiger partial charge in [0.1, 0.15) is 0 Å². The zero-order chi connectivity index (χ0) is 16.8. The fourth-order valence-electron chi connectivity index (χ4n) is 3.60. The first-order chi connectivity index (χ1) is 11.6. The fourth-order valence-corrected chi connectivity index (χ4v) is 3.60. The van der Waals surface area contributed by atoms with Crippen LogP contribution in [0.3, 0.4) is 0 Å². The van der Waals surface area contributed by atoms with Crippen LogP contribution in [-0.2, 0) is 16.1 Å². The lowest BCUT2D eigenvalue weighted by Gasteiger charge is -2.15. The van der Waals surface area contributed by atoms with Gasteiger partial charge in [0.25, 0.3) is 11.8 Å². The number of fused-ring (bicyclic) bond motifs is 1. The average Bonchev–Trinajstić information content (AvgIpc) is 3.03. The summed E-state index contributed by atoms with van der Waals surface area (Å²) in [6.45, 7) is 2.51. The molecule has 1 aliphatic heterocycles. The fraction of sp³-hybridized carbons (Fsp3) is 0.389. The van der Waals surface area contributed by atoms with E-state index in [1.807, 2.05) is 6.92 Å². The Balaban J connectivity index is 1.80. The molecule has 124 valence electrons. The van der Waals surface area contributed by atoms with E-state index in [0.717, 1.165) is 19.3 Å². The highest BCUT2D eigenvalue weighted by atomic mass is 16.4. The van der Waals surface area contributed by atoms with Crippen molar-refractivity contribution < 1.29 is 14.0 Å². The molecule has 0 unspecified atom stereocenters. The zero-order valence-corrected chi connectivity index (χ0v) is 13.5. The molecule has 0 radical (unpaired) electrons. The van der Waals surface area contributed by atoms with Crippen LogP contribution in [-0.4, -0.2) is 16.4 Å². The van der Waals surface area contributed by atoms with Gasteiger partial charge in [-0.3, -0.25) is 14.2 Å². The zero-order valence-electron chi connectivity index (χ0n) is 13.5. The summed E-state index contributed by atoms with van der Waals surface area (Å²) in [5, 5.41) is 0. The molecular formula is C18H18N2O4. The van der Waals surface area contributed by atoms with Gasteiger partial charge in [-0.1, -0.05) is 6.92 Å². The first-order valence-corrected chi connectivity index (χ1v) is 8.36. The number of carbonyl (C=O) groups excluding carboxylic acids is 2. The van der Waals surface area contributed by atoms with Crippen LogP contribution >= 0.6 is 0 Å². The molecule has 6 nitrogen and oxygen atoms in total. The van der Waals surface area contributed by atoms with E-state index in [0.29, 0.717) is 47.3 Å².